The lowest BCUT2D eigenvalue weighted by Crippen LogP contribution is -2.42. The number of aryl methyl sites for hydroxylation is 1. The maximum Gasteiger partial charge on any atom is 0.100 e. The molecule has 5 heteroatoms. The van der Waals surface area contributed by atoms with E-state index in [1.165, 1.54) is 25.0 Å². The fourth-order valence-electron chi connectivity index (χ4n) is 3.78. The zero-order valence-corrected chi connectivity index (χ0v) is 13.8. The van der Waals surface area contributed by atoms with Crippen molar-refractivity contribution in [2.24, 2.45) is 13.0 Å². The van der Waals surface area contributed by atoms with E-state index in [0.717, 1.165) is 38.6 Å². The third kappa shape index (κ3) is 4.09. The van der Waals surface area contributed by atoms with Gasteiger partial charge in [0.2, 0.25) is 0 Å². The van der Waals surface area contributed by atoms with Crippen molar-refractivity contribution in [3.05, 3.63) is 18.2 Å². The van der Waals surface area contributed by atoms with E-state index in [0.29, 0.717) is 12.1 Å². The Morgan fingerprint density at radius 3 is 2.86 bits per heavy atom. The molecule has 0 bridgehead atoms. The lowest BCUT2D eigenvalue weighted by Gasteiger charge is -2.33. The minimum absolute atomic E-state index is 0.175. The fourth-order valence-corrected chi connectivity index (χ4v) is 3.78. The first-order valence-electron chi connectivity index (χ1n) is 8.64. The van der Waals surface area contributed by atoms with E-state index in [4.69, 9.17) is 9.47 Å². The summed E-state index contributed by atoms with van der Waals surface area (Å²) in [6.07, 6.45) is 9.80. The molecular formula is C17H29N3O2. The predicted molar refractivity (Wildman–Crippen MR) is 85.7 cm³/mol. The smallest absolute Gasteiger partial charge is 0.100 e. The molecule has 124 valence electrons. The van der Waals surface area contributed by atoms with Crippen molar-refractivity contribution < 1.29 is 9.47 Å². The molecule has 0 spiro atoms. The quantitative estimate of drug-likeness (QED) is 0.907. The Labute approximate surface area is 133 Å². The molecule has 22 heavy (non-hydrogen) atoms. The van der Waals surface area contributed by atoms with Crippen molar-refractivity contribution in [1.29, 1.82) is 0 Å². The fraction of sp³-hybridized carbons (Fsp3) is 0.824. The van der Waals surface area contributed by atoms with Crippen molar-refractivity contribution in [2.45, 2.75) is 57.2 Å². The maximum absolute atomic E-state index is 5.95. The molecule has 0 amide bonds. The number of nitrogens with zero attached hydrogens (tertiary/aromatic N) is 2. The second-order valence-electron chi connectivity index (χ2n) is 6.87. The molecule has 1 aromatic rings. The molecule has 1 aromatic heterocycles. The van der Waals surface area contributed by atoms with Crippen molar-refractivity contribution in [3.8, 4) is 0 Å². The average Bonchev–Trinajstić information content (AvgIpc) is 2.94. The van der Waals surface area contributed by atoms with E-state index >= 15 is 0 Å². The second kappa shape index (κ2) is 7.57. The van der Waals surface area contributed by atoms with Crippen LogP contribution in [0, 0.1) is 5.92 Å². The number of ether oxygens (including phenoxy) is 2. The Hall–Kier alpha value is -0.910. The Morgan fingerprint density at radius 2 is 2.14 bits per heavy atom. The van der Waals surface area contributed by atoms with Gasteiger partial charge in [0.25, 0.3) is 0 Å². The number of hydrogen-bond acceptors (Lipinski definition) is 4. The van der Waals surface area contributed by atoms with Gasteiger partial charge >= 0.3 is 0 Å². The van der Waals surface area contributed by atoms with Gasteiger partial charge in [-0.1, -0.05) is 0 Å². The van der Waals surface area contributed by atoms with E-state index < -0.39 is 0 Å². The number of nitrogens with one attached hydrogen (secondary N) is 1. The maximum atomic E-state index is 5.95. The van der Waals surface area contributed by atoms with E-state index in [-0.39, 0.29) is 6.10 Å². The molecular weight excluding hydrogens is 278 g/mol. The molecule has 0 aromatic carbocycles. The van der Waals surface area contributed by atoms with Crippen LogP contribution in [-0.2, 0) is 16.5 Å². The van der Waals surface area contributed by atoms with Gasteiger partial charge < -0.3 is 19.4 Å². The number of rotatable bonds is 5. The normalized spacial score (nSPS) is 28.6. The van der Waals surface area contributed by atoms with Crippen LogP contribution in [-0.4, -0.2) is 41.5 Å². The van der Waals surface area contributed by atoms with Gasteiger partial charge in [0, 0.05) is 39.0 Å². The number of hydrogen-bond donors (Lipinski definition) is 1. The van der Waals surface area contributed by atoms with Crippen LogP contribution in [0.25, 0.3) is 0 Å². The van der Waals surface area contributed by atoms with Crippen LogP contribution in [0.15, 0.2) is 12.5 Å². The Balaban J connectivity index is 1.48. The predicted octanol–water partition coefficient (Wildman–Crippen LogP) is 2.44. The topological polar surface area (TPSA) is 48.3 Å². The molecule has 5 nitrogen and oxygen atoms in total. The van der Waals surface area contributed by atoms with E-state index in [1.807, 2.05) is 19.6 Å². The summed E-state index contributed by atoms with van der Waals surface area (Å²) in [6, 6.07) is 1.11. The number of aromatic nitrogens is 2. The van der Waals surface area contributed by atoms with E-state index in [1.54, 1.807) is 0 Å². The molecule has 3 rings (SSSR count). The molecule has 0 radical (unpaired) electrons. The first kappa shape index (κ1) is 16.0. The van der Waals surface area contributed by atoms with Crippen LogP contribution in [0.2, 0.25) is 0 Å². The summed E-state index contributed by atoms with van der Waals surface area (Å²) in [5, 5.41) is 3.83. The zero-order chi connectivity index (χ0) is 15.4. The highest BCUT2D eigenvalue weighted by molar-refractivity contribution is 5.04. The Kier molecular flexibility index (Phi) is 5.50. The van der Waals surface area contributed by atoms with Crippen LogP contribution in [0.4, 0.5) is 0 Å². The molecule has 2 fully saturated rings. The summed E-state index contributed by atoms with van der Waals surface area (Å²) in [6.45, 7) is 5.04. The van der Waals surface area contributed by atoms with Crippen molar-refractivity contribution in [1.82, 2.24) is 14.9 Å². The van der Waals surface area contributed by atoms with Crippen molar-refractivity contribution in [3.63, 3.8) is 0 Å². The van der Waals surface area contributed by atoms with Gasteiger partial charge in [-0.15, -0.1) is 0 Å². The van der Waals surface area contributed by atoms with Crippen LogP contribution in [0.1, 0.15) is 50.8 Å². The summed E-state index contributed by atoms with van der Waals surface area (Å²) in [5.41, 5.74) is 1.18. The molecule has 0 aliphatic carbocycles. The van der Waals surface area contributed by atoms with Gasteiger partial charge in [-0.25, -0.2) is 4.98 Å². The van der Waals surface area contributed by atoms with Crippen LogP contribution < -0.4 is 5.32 Å². The Morgan fingerprint density at radius 1 is 1.32 bits per heavy atom. The highest BCUT2D eigenvalue weighted by Crippen LogP contribution is 2.28. The average molecular weight is 307 g/mol. The SMILES string of the molecule is C[C@H](CC1CCOCC1)N[C@@H]1CCO[C@@H](c2cncn2C)C1. The minimum Gasteiger partial charge on any atom is -0.381 e. The highest BCUT2D eigenvalue weighted by Gasteiger charge is 2.27. The summed E-state index contributed by atoms with van der Waals surface area (Å²) in [4.78, 5) is 4.21. The van der Waals surface area contributed by atoms with Gasteiger partial charge in [0.05, 0.1) is 18.2 Å². The third-order valence-corrected chi connectivity index (χ3v) is 5.02. The van der Waals surface area contributed by atoms with Crippen LogP contribution in [0.5, 0.6) is 0 Å². The van der Waals surface area contributed by atoms with E-state index in [2.05, 4.69) is 21.8 Å². The summed E-state index contributed by atoms with van der Waals surface area (Å²) in [5.74, 6) is 0.823. The van der Waals surface area contributed by atoms with Crippen molar-refractivity contribution in [2.75, 3.05) is 19.8 Å². The molecule has 0 unspecified atom stereocenters. The van der Waals surface area contributed by atoms with Crippen molar-refractivity contribution >= 4 is 0 Å². The lowest BCUT2D eigenvalue weighted by molar-refractivity contribution is -0.00639. The first-order valence-corrected chi connectivity index (χ1v) is 8.64. The van der Waals surface area contributed by atoms with Crippen LogP contribution in [0.3, 0.4) is 0 Å². The lowest BCUT2D eigenvalue weighted by atomic mass is 9.92. The van der Waals surface area contributed by atoms with Gasteiger partial charge in [-0.05, 0) is 44.9 Å². The van der Waals surface area contributed by atoms with Gasteiger partial charge in [-0.2, -0.15) is 0 Å². The largest absolute Gasteiger partial charge is 0.381 e. The number of imidazole rings is 1. The molecule has 2 saturated heterocycles. The third-order valence-electron chi connectivity index (χ3n) is 5.02. The molecule has 1 N–H and O–H groups in total. The highest BCUT2D eigenvalue weighted by atomic mass is 16.5. The minimum atomic E-state index is 0.175. The summed E-state index contributed by atoms with van der Waals surface area (Å²) < 4.78 is 13.5. The first-order chi connectivity index (χ1) is 10.7. The van der Waals surface area contributed by atoms with Gasteiger partial charge in [0.15, 0.2) is 0 Å². The van der Waals surface area contributed by atoms with Gasteiger partial charge in [-0.3, -0.25) is 0 Å². The zero-order valence-electron chi connectivity index (χ0n) is 13.8. The molecule has 3 atom stereocenters. The molecule has 3 heterocycles. The monoisotopic (exact) mass is 307 g/mol. The molecule has 2 aliphatic rings. The summed E-state index contributed by atoms with van der Waals surface area (Å²) in [7, 11) is 2.04. The van der Waals surface area contributed by atoms with Crippen LogP contribution >= 0.6 is 0 Å². The van der Waals surface area contributed by atoms with Gasteiger partial charge in [0.1, 0.15) is 6.10 Å². The summed E-state index contributed by atoms with van der Waals surface area (Å²) >= 11 is 0. The standard InChI is InChI=1S/C17H29N3O2/c1-13(9-14-3-6-21-7-4-14)19-15-5-8-22-17(10-15)16-11-18-12-20(16)2/h11-15,17,19H,3-10H2,1-2H3/t13-,15-,17-/m1/s1. The Bertz CT molecular complexity index is 457. The van der Waals surface area contributed by atoms with E-state index in [9.17, 15) is 0 Å². The molecule has 0 saturated carbocycles. The molecule has 2 aliphatic heterocycles. The second-order valence-corrected chi connectivity index (χ2v) is 6.87.